The van der Waals surface area contributed by atoms with Crippen LogP contribution in [0.15, 0.2) is 188 Å². The summed E-state index contributed by atoms with van der Waals surface area (Å²) in [5.74, 6) is 2.09. The fourth-order valence-electron chi connectivity index (χ4n) is 12.0. The highest BCUT2D eigenvalue weighted by Gasteiger charge is 2.47. The highest BCUT2D eigenvalue weighted by atomic mass is 28.3. The lowest BCUT2D eigenvalue weighted by atomic mass is 9.66. The van der Waals surface area contributed by atoms with E-state index in [0.717, 1.165) is 44.4 Å². The van der Waals surface area contributed by atoms with Crippen molar-refractivity contribution in [2.75, 3.05) is 0 Å². The van der Waals surface area contributed by atoms with Crippen LogP contribution in [0, 0.1) is 27.7 Å². The van der Waals surface area contributed by atoms with Crippen molar-refractivity contribution in [1.29, 1.82) is 0 Å². The summed E-state index contributed by atoms with van der Waals surface area (Å²) in [5.41, 5.74) is 20.2. The van der Waals surface area contributed by atoms with Gasteiger partial charge in [-0.3, -0.25) is 0 Å². The van der Waals surface area contributed by atoms with Gasteiger partial charge in [0.1, 0.15) is 0 Å². The zero-order valence-corrected chi connectivity index (χ0v) is 44.7. The SMILES string of the molecule is Cc1c(C)c([Si](C)(C)C)c(C)c(C)c1-c1nc(-c2ccc([Si](C)(C)C)cc2)nc(-c2ccc(-c3cccc(-c4cccc5c4C(c4ccccc4)(c4ccccc4)c4ccccc4-5)c3)c3ccccc23)n1. The molecule has 1 heterocycles. The van der Waals surface area contributed by atoms with Crippen LogP contribution in [-0.2, 0) is 5.41 Å². The Balaban J connectivity index is 1.09. The molecule has 71 heavy (non-hydrogen) atoms. The molecule has 1 aromatic heterocycles. The largest absolute Gasteiger partial charge is 0.208 e. The Labute approximate surface area is 422 Å². The van der Waals surface area contributed by atoms with Crippen LogP contribution in [0.5, 0.6) is 0 Å². The minimum atomic E-state index is -1.65. The molecule has 0 bridgehead atoms. The molecule has 0 unspecified atom stereocenters. The Morgan fingerprint density at radius 1 is 0.352 bits per heavy atom. The van der Waals surface area contributed by atoms with Crippen LogP contribution in [0.4, 0.5) is 0 Å². The summed E-state index contributed by atoms with van der Waals surface area (Å²) >= 11 is 0. The van der Waals surface area contributed by atoms with E-state index in [1.54, 1.807) is 0 Å². The minimum absolute atomic E-state index is 0.515. The zero-order chi connectivity index (χ0) is 49.4. The molecule has 9 aromatic carbocycles. The maximum atomic E-state index is 5.47. The van der Waals surface area contributed by atoms with Gasteiger partial charge in [-0.1, -0.05) is 226 Å². The monoisotopic (exact) mass is 951 g/mol. The van der Waals surface area contributed by atoms with Crippen LogP contribution in [0.25, 0.3) is 78.3 Å². The highest BCUT2D eigenvalue weighted by molar-refractivity contribution is 6.89. The van der Waals surface area contributed by atoms with Crippen molar-refractivity contribution in [2.24, 2.45) is 0 Å². The topological polar surface area (TPSA) is 38.7 Å². The van der Waals surface area contributed by atoms with Gasteiger partial charge in [-0.2, -0.15) is 0 Å². The number of nitrogens with zero attached hydrogens (tertiary/aromatic N) is 3. The summed E-state index contributed by atoms with van der Waals surface area (Å²) in [6.07, 6.45) is 0. The van der Waals surface area contributed by atoms with Crippen LogP contribution in [0.2, 0.25) is 39.3 Å². The first kappa shape index (κ1) is 46.1. The molecule has 0 N–H and O–H groups in total. The maximum Gasteiger partial charge on any atom is 0.164 e. The average molecular weight is 952 g/mol. The third-order valence-corrected chi connectivity index (χ3v) is 19.7. The molecule has 0 aliphatic heterocycles. The molecular formula is C66H61N3Si2. The molecule has 1 aliphatic rings. The van der Waals surface area contributed by atoms with Crippen molar-refractivity contribution in [3.05, 3.63) is 233 Å². The van der Waals surface area contributed by atoms with Crippen LogP contribution in [0.3, 0.4) is 0 Å². The molecule has 0 saturated heterocycles. The Bertz CT molecular complexity index is 3630. The summed E-state index contributed by atoms with van der Waals surface area (Å²) in [4.78, 5) is 16.2. The molecule has 0 atom stereocenters. The van der Waals surface area contributed by atoms with Gasteiger partial charge in [-0.15, -0.1) is 0 Å². The standard InChI is InChI=1S/C66H61N3Si2/c1-42-44(3)62(71(8,9)10)45(4)43(2)60(42)65-68-63(46-35-37-51(38-36-46)70(5,6)7)67-64(69-65)58-40-39-52(54-29-17-18-30-55(54)58)47-23-21-24-48(41-47)53-32-22-33-57-56-31-19-20-34-59(56)66(61(53)57,49-25-13-11-14-26-49)50-27-15-12-16-28-50/h11-41H,1-10H3. The van der Waals surface area contributed by atoms with Crippen molar-refractivity contribution in [3.63, 3.8) is 0 Å². The van der Waals surface area contributed by atoms with Crippen molar-refractivity contribution in [1.82, 2.24) is 15.0 Å². The Hall–Kier alpha value is -7.32. The second-order valence-electron chi connectivity index (χ2n) is 21.7. The second-order valence-corrected chi connectivity index (χ2v) is 31.8. The zero-order valence-electron chi connectivity index (χ0n) is 42.7. The van der Waals surface area contributed by atoms with Gasteiger partial charge in [-0.05, 0) is 128 Å². The second kappa shape index (κ2) is 17.5. The van der Waals surface area contributed by atoms with Gasteiger partial charge in [0.25, 0.3) is 0 Å². The Morgan fingerprint density at radius 2 is 0.845 bits per heavy atom. The highest BCUT2D eigenvalue weighted by Crippen LogP contribution is 2.58. The first-order valence-corrected chi connectivity index (χ1v) is 32.1. The van der Waals surface area contributed by atoms with E-state index in [-0.39, 0.29) is 0 Å². The van der Waals surface area contributed by atoms with Gasteiger partial charge in [0.05, 0.1) is 21.6 Å². The quantitative estimate of drug-likeness (QED) is 0.135. The molecule has 0 amide bonds. The normalized spacial score (nSPS) is 13.0. The molecule has 3 nitrogen and oxygen atoms in total. The number of aromatic nitrogens is 3. The lowest BCUT2D eigenvalue weighted by Crippen LogP contribution is -2.42. The van der Waals surface area contributed by atoms with E-state index in [4.69, 9.17) is 15.0 Å². The predicted octanol–water partition coefficient (Wildman–Crippen LogP) is 16.0. The smallest absolute Gasteiger partial charge is 0.164 e. The molecule has 1 aliphatic carbocycles. The van der Waals surface area contributed by atoms with E-state index in [9.17, 15) is 0 Å². The van der Waals surface area contributed by atoms with Crippen LogP contribution >= 0.6 is 0 Å². The number of rotatable bonds is 9. The van der Waals surface area contributed by atoms with Gasteiger partial charge in [0.2, 0.25) is 0 Å². The summed E-state index contributed by atoms with van der Waals surface area (Å²) < 4.78 is 0. The van der Waals surface area contributed by atoms with E-state index in [1.165, 1.54) is 77.1 Å². The van der Waals surface area contributed by atoms with E-state index in [2.05, 4.69) is 255 Å². The van der Waals surface area contributed by atoms with E-state index in [0.29, 0.717) is 11.6 Å². The third-order valence-electron chi connectivity index (χ3n) is 15.4. The Morgan fingerprint density at radius 3 is 1.46 bits per heavy atom. The molecule has 11 rings (SSSR count). The van der Waals surface area contributed by atoms with Crippen molar-refractivity contribution < 1.29 is 0 Å². The summed E-state index contributed by atoms with van der Waals surface area (Å²) in [6, 6.07) is 69.5. The van der Waals surface area contributed by atoms with Gasteiger partial charge >= 0.3 is 0 Å². The molecule has 0 saturated carbocycles. The number of hydrogen-bond acceptors (Lipinski definition) is 3. The van der Waals surface area contributed by atoms with Crippen LogP contribution in [0.1, 0.15) is 44.5 Å². The molecule has 0 spiro atoms. The van der Waals surface area contributed by atoms with Crippen LogP contribution < -0.4 is 10.4 Å². The molecule has 10 aromatic rings. The third kappa shape index (κ3) is 7.65. The summed E-state index contributed by atoms with van der Waals surface area (Å²) in [5, 5.41) is 5.20. The Kier molecular flexibility index (Phi) is 11.4. The maximum absolute atomic E-state index is 5.47. The minimum Gasteiger partial charge on any atom is -0.208 e. The van der Waals surface area contributed by atoms with E-state index in [1.807, 2.05) is 0 Å². The van der Waals surface area contributed by atoms with Crippen LogP contribution in [-0.4, -0.2) is 31.1 Å². The van der Waals surface area contributed by atoms with Crippen molar-refractivity contribution in [2.45, 2.75) is 72.4 Å². The van der Waals surface area contributed by atoms with Gasteiger partial charge in [0, 0.05) is 16.7 Å². The lowest BCUT2D eigenvalue weighted by Gasteiger charge is -2.35. The molecule has 0 radical (unpaired) electrons. The van der Waals surface area contributed by atoms with Gasteiger partial charge < -0.3 is 0 Å². The summed E-state index contributed by atoms with van der Waals surface area (Å²) in [6.45, 7) is 23.6. The summed E-state index contributed by atoms with van der Waals surface area (Å²) in [7, 11) is -3.17. The number of hydrogen-bond donors (Lipinski definition) is 0. The molecule has 0 fully saturated rings. The van der Waals surface area contributed by atoms with E-state index >= 15 is 0 Å². The number of fused-ring (bicyclic) bond motifs is 4. The first-order chi connectivity index (χ1) is 34.2. The van der Waals surface area contributed by atoms with Gasteiger partial charge in [0.15, 0.2) is 17.5 Å². The van der Waals surface area contributed by atoms with Crippen molar-refractivity contribution in [3.8, 4) is 67.5 Å². The molecule has 348 valence electrons. The fourth-order valence-corrected chi connectivity index (χ4v) is 15.8. The average Bonchev–Trinajstić information content (AvgIpc) is 3.69. The molecular weight excluding hydrogens is 891 g/mol. The lowest BCUT2D eigenvalue weighted by molar-refractivity contribution is 0.770. The predicted molar refractivity (Wildman–Crippen MR) is 307 cm³/mol. The molecule has 5 heteroatoms. The van der Waals surface area contributed by atoms with Gasteiger partial charge in [-0.25, -0.2) is 15.0 Å². The first-order valence-electron chi connectivity index (χ1n) is 25.1. The number of benzene rings is 9. The fraction of sp³-hybridized carbons (Fsp3) is 0.167. The van der Waals surface area contributed by atoms with E-state index < -0.39 is 21.6 Å². The van der Waals surface area contributed by atoms with Crippen molar-refractivity contribution >= 4 is 37.3 Å².